The molecule has 0 fully saturated rings. The zero-order valence-electron chi connectivity index (χ0n) is 21.8. The smallest absolute Gasteiger partial charge is 0.255 e. The van der Waals surface area contributed by atoms with E-state index in [1.54, 1.807) is 23.1 Å². The standard InChI is InChI=1S/C30H37BrClN3O2/c1-3-5-9-19-35(30(37)27-12-7-8-13-28(27)32)23-29(36)34(18-6-4-2)22-26-11-10-20-33(26)21-24-14-16-25(31)17-15-24/h7-8,10-17,20H,3-6,9,18-19,21-23H2,1-2H3. The Hall–Kier alpha value is -2.57. The summed E-state index contributed by atoms with van der Waals surface area (Å²) in [6.45, 7) is 6.72. The van der Waals surface area contributed by atoms with Crippen molar-refractivity contribution in [1.29, 1.82) is 0 Å². The van der Waals surface area contributed by atoms with E-state index in [1.807, 2.05) is 29.2 Å². The Balaban J connectivity index is 1.76. The normalized spacial score (nSPS) is 10.9. The third kappa shape index (κ3) is 8.75. The summed E-state index contributed by atoms with van der Waals surface area (Å²) in [7, 11) is 0. The minimum atomic E-state index is -0.191. The molecule has 198 valence electrons. The zero-order valence-corrected chi connectivity index (χ0v) is 24.2. The molecule has 2 aromatic carbocycles. The van der Waals surface area contributed by atoms with Crippen molar-refractivity contribution in [1.82, 2.24) is 14.4 Å². The maximum absolute atomic E-state index is 13.6. The van der Waals surface area contributed by atoms with Crippen molar-refractivity contribution >= 4 is 39.3 Å². The molecule has 0 radical (unpaired) electrons. The third-order valence-corrected chi connectivity index (χ3v) is 7.28. The molecule has 0 aliphatic heterocycles. The van der Waals surface area contributed by atoms with Gasteiger partial charge in [0.2, 0.25) is 5.91 Å². The predicted molar refractivity (Wildman–Crippen MR) is 155 cm³/mol. The summed E-state index contributed by atoms with van der Waals surface area (Å²) in [6, 6.07) is 19.4. The number of halogens is 2. The molecule has 7 heteroatoms. The number of carbonyl (C=O) groups is 2. The second-order valence-electron chi connectivity index (χ2n) is 9.34. The lowest BCUT2D eigenvalue weighted by Crippen LogP contribution is -2.43. The first kappa shape index (κ1) is 29.0. The van der Waals surface area contributed by atoms with Crippen LogP contribution in [0.1, 0.15) is 67.6 Å². The van der Waals surface area contributed by atoms with Crippen LogP contribution in [-0.4, -0.2) is 45.8 Å². The van der Waals surface area contributed by atoms with Crippen molar-refractivity contribution < 1.29 is 9.59 Å². The molecule has 0 aliphatic carbocycles. The number of unbranched alkanes of at least 4 members (excludes halogenated alkanes) is 3. The van der Waals surface area contributed by atoms with Gasteiger partial charge in [0.25, 0.3) is 5.91 Å². The van der Waals surface area contributed by atoms with E-state index < -0.39 is 0 Å². The van der Waals surface area contributed by atoms with E-state index in [9.17, 15) is 9.59 Å². The lowest BCUT2D eigenvalue weighted by atomic mass is 10.1. The molecule has 0 aliphatic rings. The minimum absolute atomic E-state index is 0.0401. The summed E-state index contributed by atoms with van der Waals surface area (Å²) in [4.78, 5) is 30.6. The van der Waals surface area contributed by atoms with Crippen LogP contribution in [0.5, 0.6) is 0 Å². The van der Waals surface area contributed by atoms with Gasteiger partial charge in [0, 0.05) is 36.0 Å². The van der Waals surface area contributed by atoms with Gasteiger partial charge in [0.05, 0.1) is 17.1 Å². The molecule has 0 N–H and O–H groups in total. The lowest BCUT2D eigenvalue weighted by molar-refractivity contribution is -0.132. The quantitative estimate of drug-likeness (QED) is 0.185. The number of amides is 2. The second kappa shape index (κ2) is 15.0. The summed E-state index contributed by atoms with van der Waals surface area (Å²) in [6.07, 6.45) is 6.85. The second-order valence-corrected chi connectivity index (χ2v) is 10.7. The van der Waals surface area contributed by atoms with Crippen molar-refractivity contribution in [3.8, 4) is 0 Å². The van der Waals surface area contributed by atoms with E-state index in [0.29, 0.717) is 30.2 Å². The molecule has 5 nitrogen and oxygen atoms in total. The molecule has 0 bridgehead atoms. The van der Waals surface area contributed by atoms with Gasteiger partial charge in [0.1, 0.15) is 6.54 Å². The summed E-state index contributed by atoms with van der Waals surface area (Å²) in [5.41, 5.74) is 2.71. The maximum atomic E-state index is 13.6. The largest absolute Gasteiger partial charge is 0.345 e. The van der Waals surface area contributed by atoms with Gasteiger partial charge in [-0.05, 0) is 54.8 Å². The summed E-state index contributed by atoms with van der Waals surface area (Å²) in [5.74, 6) is -0.231. The number of carbonyl (C=O) groups excluding carboxylic acids is 2. The molecule has 0 unspecified atom stereocenters. The molecule has 0 saturated heterocycles. The molecule has 3 rings (SSSR count). The van der Waals surface area contributed by atoms with Crippen LogP contribution < -0.4 is 0 Å². The third-order valence-electron chi connectivity index (χ3n) is 6.43. The number of nitrogens with zero attached hydrogens (tertiary/aromatic N) is 3. The molecular formula is C30H37BrClN3O2. The number of hydrogen-bond donors (Lipinski definition) is 0. The van der Waals surface area contributed by atoms with Crippen LogP contribution in [0.25, 0.3) is 0 Å². The van der Waals surface area contributed by atoms with Crippen molar-refractivity contribution in [3.63, 3.8) is 0 Å². The van der Waals surface area contributed by atoms with E-state index in [0.717, 1.165) is 48.8 Å². The Morgan fingerprint density at radius 3 is 2.27 bits per heavy atom. The Morgan fingerprint density at radius 2 is 1.57 bits per heavy atom. The van der Waals surface area contributed by atoms with Crippen LogP contribution >= 0.6 is 27.5 Å². The lowest BCUT2D eigenvalue weighted by Gasteiger charge is -2.28. The fraction of sp³-hybridized carbons (Fsp3) is 0.400. The summed E-state index contributed by atoms with van der Waals surface area (Å²) in [5, 5.41) is 0.411. The van der Waals surface area contributed by atoms with Crippen LogP contribution in [0.15, 0.2) is 71.3 Å². The van der Waals surface area contributed by atoms with Crippen molar-refractivity contribution in [2.45, 2.75) is 59.0 Å². The Bertz CT molecular complexity index is 1150. The van der Waals surface area contributed by atoms with Gasteiger partial charge in [0.15, 0.2) is 0 Å². The van der Waals surface area contributed by atoms with Crippen LogP contribution in [0, 0.1) is 0 Å². The minimum Gasteiger partial charge on any atom is -0.345 e. The SMILES string of the molecule is CCCCCN(CC(=O)N(CCCC)Cc1cccn1Cc1ccc(Br)cc1)C(=O)c1ccccc1Cl. The highest BCUT2D eigenvalue weighted by atomic mass is 79.9. The summed E-state index contributed by atoms with van der Waals surface area (Å²) < 4.78 is 3.23. The highest BCUT2D eigenvalue weighted by Crippen LogP contribution is 2.19. The van der Waals surface area contributed by atoms with Crippen molar-refractivity contribution in [3.05, 3.63) is 93.2 Å². The van der Waals surface area contributed by atoms with Gasteiger partial charge in [-0.1, -0.05) is 84.9 Å². The number of hydrogen-bond acceptors (Lipinski definition) is 2. The highest BCUT2D eigenvalue weighted by molar-refractivity contribution is 9.10. The van der Waals surface area contributed by atoms with Gasteiger partial charge in [-0.15, -0.1) is 0 Å². The molecule has 1 aromatic heterocycles. The van der Waals surface area contributed by atoms with Gasteiger partial charge in [-0.3, -0.25) is 9.59 Å². The molecular weight excluding hydrogens is 550 g/mol. The molecule has 0 saturated carbocycles. The Morgan fingerprint density at radius 1 is 0.865 bits per heavy atom. The van der Waals surface area contributed by atoms with E-state index in [-0.39, 0.29) is 18.4 Å². The van der Waals surface area contributed by atoms with Gasteiger partial charge >= 0.3 is 0 Å². The first-order chi connectivity index (χ1) is 17.9. The van der Waals surface area contributed by atoms with Crippen LogP contribution in [0.3, 0.4) is 0 Å². The van der Waals surface area contributed by atoms with E-state index in [1.165, 1.54) is 5.56 Å². The fourth-order valence-electron chi connectivity index (χ4n) is 4.24. The van der Waals surface area contributed by atoms with Gasteiger partial charge in [-0.2, -0.15) is 0 Å². The number of aromatic nitrogens is 1. The van der Waals surface area contributed by atoms with Crippen LogP contribution in [0.4, 0.5) is 0 Å². The number of benzene rings is 2. The fourth-order valence-corrected chi connectivity index (χ4v) is 4.72. The monoisotopic (exact) mass is 585 g/mol. The molecule has 0 atom stereocenters. The van der Waals surface area contributed by atoms with Crippen LogP contribution in [-0.2, 0) is 17.9 Å². The molecule has 0 spiro atoms. The first-order valence-corrected chi connectivity index (χ1v) is 14.3. The average molecular weight is 587 g/mol. The predicted octanol–water partition coefficient (Wildman–Crippen LogP) is 7.41. The highest BCUT2D eigenvalue weighted by Gasteiger charge is 2.24. The maximum Gasteiger partial charge on any atom is 0.255 e. The van der Waals surface area contributed by atoms with Gasteiger partial charge in [-0.25, -0.2) is 0 Å². The summed E-state index contributed by atoms with van der Waals surface area (Å²) >= 11 is 9.82. The van der Waals surface area contributed by atoms with Gasteiger partial charge < -0.3 is 14.4 Å². The zero-order chi connectivity index (χ0) is 26.6. The molecule has 37 heavy (non-hydrogen) atoms. The van der Waals surface area contributed by atoms with Crippen LogP contribution in [0.2, 0.25) is 5.02 Å². The number of rotatable bonds is 14. The van der Waals surface area contributed by atoms with Crippen molar-refractivity contribution in [2.24, 2.45) is 0 Å². The molecule has 1 heterocycles. The Kier molecular flexibility index (Phi) is 11.7. The topological polar surface area (TPSA) is 45.6 Å². The Labute approximate surface area is 234 Å². The molecule has 3 aromatic rings. The van der Waals surface area contributed by atoms with E-state index in [4.69, 9.17) is 11.6 Å². The molecule has 2 amide bonds. The first-order valence-electron chi connectivity index (χ1n) is 13.1. The average Bonchev–Trinajstić information content (AvgIpc) is 3.33. The van der Waals surface area contributed by atoms with E-state index >= 15 is 0 Å². The van der Waals surface area contributed by atoms with Crippen molar-refractivity contribution in [2.75, 3.05) is 19.6 Å². The van der Waals surface area contributed by atoms with E-state index in [2.05, 4.69) is 58.7 Å².